The second kappa shape index (κ2) is 4.92. The summed E-state index contributed by atoms with van der Waals surface area (Å²) in [5.41, 5.74) is 5.98. The van der Waals surface area contributed by atoms with Crippen LogP contribution < -0.4 is 11.1 Å². The molecule has 1 aliphatic carbocycles. The molecule has 0 saturated heterocycles. The number of nitrogens with one attached hydrogen (secondary N) is 1. The van der Waals surface area contributed by atoms with Gasteiger partial charge >= 0.3 is 5.97 Å². The Morgan fingerprint density at radius 3 is 2.55 bits per heavy atom. The number of hydrogen-bond acceptors (Lipinski definition) is 7. The summed E-state index contributed by atoms with van der Waals surface area (Å²) in [6.07, 6.45) is 3.30. The predicted molar refractivity (Wildman–Crippen MR) is 79.0 cm³/mol. The summed E-state index contributed by atoms with van der Waals surface area (Å²) in [6, 6.07) is 0. The molecular weight excluding hydrogens is 300 g/mol. The number of esters is 1. The number of hydrogen-bond donors (Lipinski definition) is 2. The maximum absolute atomic E-state index is 11.9. The molecule has 3 N–H and O–H groups in total. The van der Waals surface area contributed by atoms with Crippen molar-refractivity contribution < 1.29 is 17.9 Å². The predicted octanol–water partition coefficient (Wildman–Crippen LogP) is 1.73. The van der Waals surface area contributed by atoms with Gasteiger partial charge in [-0.2, -0.15) is 0 Å². The first-order valence-corrected chi connectivity index (χ1v) is 8.83. The first-order valence-electron chi connectivity index (χ1n) is 6.12. The molecular formula is C12H18N2O4S2. The lowest BCUT2D eigenvalue weighted by Gasteiger charge is -2.11. The maximum atomic E-state index is 11.9. The van der Waals surface area contributed by atoms with Crippen LogP contribution in [-0.2, 0) is 14.6 Å². The van der Waals surface area contributed by atoms with Crippen molar-refractivity contribution in [2.45, 2.75) is 24.7 Å². The third kappa shape index (κ3) is 2.90. The summed E-state index contributed by atoms with van der Waals surface area (Å²) in [5.74, 6) is -0.622. The smallest absolute Gasteiger partial charge is 0.350 e. The van der Waals surface area contributed by atoms with Crippen LogP contribution in [0.1, 0.15) is 29.4 Å². The number of nitrogen functional groups attached to an aromatic ring is 1. The van der Waals surface area contributed by atoms with Crippen LogP contribution in [-0.4, -0.2) is 34.3 Å². The summed E-state index contributed by atoms with van der Waals surface area (Å²) >= 11 is 1.02. The lowest BCUT2D eigenvalue weighted by molar-refractivity contribution is 0.0607. The minimum Gasteiger partial charge on any atom is -0.465 e. The lowest BCUT2D eigenvalue weighted by Crippen LogP contribution is -2.13. The largest absolute Gasteiger partial charge is 0.465 e. The Morgan fingerprint density at radius 2 is 2.10 bits per heavy atom. The van der Waals surface area contributed by atoms with Crippen LogP contribution in [0.15, 0.2) is 4.90 Å². The van der Waals surface area contributed by atoms with Crippen LogP contribution >= 0.6 is 11.3 Å². The van der Waals surface area contributed by atoms with E-state index < -0.39 is 15.8 Å². The van der Waals surface area contributed by atoms with Crippen LogP contribution in [0, 0.1) is 5.41 Å². The van der Waals surface area contributed by atoms with E-state index in [2.05, 4.69) is 17.0 Å². The van der Waals surface area contributed by atoms with Crippen molar-refractivity contribution in [3.8, 4) is 0 Å². The van der Waals surface area contributed by atoms with Crippen LogP contribution in [0.2, 0.25) is 0 Å². The SMILES string of the molecule is COC(=O)c1sc(NCC2(C)CC2)c(S(C)(=O)=O)c1N. The number of sulfone groups is 1. The quantitative estimate of drug-likeness (QED) is 0.802. The normalized spacial score (nSPS) is 16.8. The van der Waals surface area contributed by atoms with Gasteiger partial charge in [0.15, 0.2) is 9.84 Å². The first-order chi connectivity index (χ1) is 9.18. The molecule has 112 valence electrons. The molecule has 8 heteroatoms. The molecule has 6 nitrogen and oxygen atoms in total. The standard InChI is InChI=1S/C12H18N2O4S2/c1-12(4-5-12)6-14-10-9(20(3,16)17)7(13)8(19-10)11(15)18-2/h14H,4-6,13H2,1-3H3. The van der Waals surface area contributed by atoms with Crippen molar-refractivity contribution in [1.82, 2.24) is 0 Å². The van der Waals surface area contributed by atoms with Gasteiger partial charge in [-0.3, -0.25) is 0 Å². The van der Waals surface area contributed by atoms with Gasteiger partial charge in [0.2, 0.25) is 0 Å². The number of carbonyl (C=O) groups excluding carboxylic acids is 1. The minimum absolute atomic E-state index is 0.00727. The molecule has 1 heterocycles. The fraction of sp³-hybridized carbons (Fsp3) is 0.583. The van der Waals surface area contributed by atoms with Gasteiger partial charge in [0.25, 0.3) is 0 Å². The van der Waals surface area contributed by atoms with Crippen LogP contribution in [0.5, 0.6) is 0 Å². The molecule has 20 heavy (non-hydrogen) atoms. The van der Waals surface area contributed by atoms with Gasteiger partial charge < -0.3 is 15.8 Å². The molecule has 1 aromatic rings. The zero-order valence-corrected chi connectivity index (χ0v) is 13.3. The van der Waals surface area contributed by atoms with E-state index in [-0.39, 0.29) is 20.9 Å². The van der Waals surface area contributed by atoms with Gasteiger partial charge in [0, 0.05) is 12.8 Å². The van der Waals surface area contributed by atoms with Gasteiger partial charge in [0.05, 0.1) is 12.8 Å². The van der Waals surface area contributed by atoms with Crippen LogP contribution in [0.3, 0.4) is 0 Å². The summed E-state index contributed by atoms with van der Waals surface area (Å²) in [5, 5.41) is 3.53. The number of anilines is 2. The number of ether oxygens (including phenoxy) is 1. The van der Waals surface area contributed by atoms with Crippen LogP contribution in [0.4, 0.5) is 10.7 Å². The van der Waals surface area contributed by atoms with Gasteiger partial charge in [0.1, 0.15) is 14.8 Å². The van der Waals surface area contributed by atoms with E-state index in [1.165, 1.54) is 7.11 Å². The summed E-state index contributed by atoms with van der Waals surface area (Å²) < 4.78 is 28.4. The van der Waals surface area contributed by atoms with Gasteiger partial charge in [-0.15, -0.1) is 11.3 Å². The number of carbonyl (C=O) groups is 1. The third-order valence-corrected chi connectivity index (χ3v) is 5.86. The van der Waals surface area contributed by atoms with Crippen molar-refractivity contribution in [3.05, 3.63) is 4.88 Å². The zero-order valence-electron chi connectivity index (χ0n) is 11.6. The summed E-state index contributed by atoms with van der Waals surface area (Å²) in [4.78, 5) is 11.7. The second-order valence-corrected chi connectivity index (χ2v) is 8.40. The molecule has 2 rings (SSSR count). The highest BCUT2D eigenvalue weighted by Gasteiger charge is 2.37. The molecule has 0 aliphatic heterocycles. The highest BCUT2D eigenvalue weighted by atomic mass is 32.2. The van der Waals surface area contributed by atoms with Crippen LogP contribution in [0.25, 0.3) is 0 Å². The zero-order chi connectivity index (χ0) is 15.1. The van der Waals surface area contributed by atoms with E-state index in [9.17, 15) is 13.2 Å². The molecule has 0 amide bonds. The highest BCUT2D eigenvalue weighted by molar-refractivity contribution is 7.91. The van der Waals surface area contributed by atoms with Crippen molar-refractivity contribution in [1.29, 1.82) is 0 Å². The van der Waals surface area contributed by atoms with Crippen molar-refractivity contribution in [3.63, 3.8) is 0 Å². The molecule has 0 bridgehead atoms. The summed E-state index contributed by atoms with van der Waals surface area (Å²) in [6.45, 7) is 2.79. The van der Waals surface area contributed by atoms with E-state index in [1.54, 1.807) is 0 Å². The van der Waals surface area contributed by atoms with Crippen molar-refractivity contribution >= 4 is 37.8 Å². The van der Waals surface area contributed by atoms with E-state index in [1.807, 2.05) is 0 Å². The molecule has 0 unspecified atom stereocenters. The minimum atomic E-state index is -3.52. The van der Waals surface area contributed by atoms with E-state index >= 15 is 0 Å². The Kier molecular flexibility index (Phi) is 3.72. The van der Waals surface area contributed by atoms with E-state index in [0.717, 1.165) is 30.4 Å². The number of nitrogens with two attached hydrogens (primary N) is 1. The molecule has 1 aliphatic rings. The Balaban J connectivity index is 2.40. The molecule has 0 atom stereocenters. The average molecular weight is 318 g/mol. The highest BCUT2D eigenvalue weighted by Crippen LogP contribution is 2.46. The number of methoxy groups -OCH3 is 1. The van der Waals surface area contributed by atoms with E-state index in [0.29, 0.717) is 11.5 Å². The van der Waals surface area contributed by atoms with Gasteiger partial charge in [-0.25, -0.2) is 13.2 Å². The Labute approximate surface area is 122 Å². The molecule has 0 spiro atoms. The summed E-state index contributed by atoms with van der Waals surface area (Å²) in [7, 11) is -2.28. The third-order valence-electron chi connectivity index (χ3n) is 3.42. The lowest BCUT2D eigenvalue weighted by atomic mass is 10.1. The average Bonchev–Trinajstić information content (AvgIpc) is 2.97. The van der Waals surface area contributed by atoms with Crippen molar-refractivity contribution in [2.75, 3.05) is 31.0 Å². The number of rotatable bonds is 5. The molecule has 1 fully saturated rings. The Morgan fingerprint density at radius 1 is 1.50 bits per heavy atom. The van der Waals surface area contributed by atoms with E-state index in [4.69, 9.17) is 5.73 Å². The fourth-order valence-corrected chi connectivity index (χ4v) is 4.33. The maximum Gasteiger partial charge on any atom is 0.350 e. The molecule has 1 aromatic heterocycles. The topological polar surface area (TPSA) is 98.5 Å². The molecule has 0 radical (unpaired) electrons. The number of thiophene rings is 1. The monoisotopic (exact) mass is 318 g/mol. The Hall–Kier alpha value is -1.28. The van der Waals surface area contributed by atoms with Crippen molar-refractivity contribution in [2.24, 2.45) is 5.41 Å². The molecule has 0 aromatic carbocycles. The first kappa shape index (κ1) is 15.1. The second-order valence-electron chi connectivity index (χ2n) is 5.43. The van der Waals surface area contributed by atoms with Gasteiger partial charge in [-0.1, -0.05) is 6.92 Å². The molecule has 1 saturated carbocycles. The van der Waals surface area contributed by atoms with Gasteiger partial charge in [-0.05, 0) is 18.3 Å². The Bertz CT molecular complexity index is 645. The fourth-order valence-electron chi connectivity index (χ4n) is 1.84.